The van der Waals surface area contributed by atoms with Gasteiger partial charge in [-0.1, -0.05) is 6.92 Å². The van der Waals surface area contributed by atoms with E-state index in [1.54, 1.807) is 6.20 Å². The van der Waals surface area contributed by atoms with Crippen molar-refractivity contribution >= 4 is 11.6 Å². The molecule has 2 aromatic rings. The molecule has 0 aliphatic rings. The molecule has 0 saturated carbocycles. The minimum atomic E-state index is 0.862. The minimum absolute atomic E-state index is 0.862. The van der Waals surface area contributed by atoms with Crippen LogP contribution in [0.4, 0.5) is 11.6 Å². The van der Waals surface area contributed by atoms with Gasteiger partial charge in [0.05, 0.1) is 6.33 Å². The molecule has 0 aromatic carbocycles. The lowest BCUT2D eigenvalue weighted by Crippen LogP contribution is -2.09. The monoisotopic (exact) mass is 274 g/mol. The van der Waals surface area contributed by atoms with Gasteiger partial charge in [0, 0.05) is 45.0 Å². The first-order chi connectivity index (χ1) is 9.81. The highest BCUT2D eigenvalue weighted by molar-refractivity contribution is 5.47. The fraction of sp³-hybridized carbons (Fsp3) is 0.500. The molecule has 0 radical (unpaired) electrons. The van der Waals surface area contributed by atoms with Crippen molar-refractivity contribution in [2.75, 3.05) is 24.2 Å². The number of hydrogen-bond donors (Lipinski definition) is 2. The van der Waals surface area contributed by atoms with E-state index in [0.29, 0.717) is 0 Å². The summed E-state index contributed by atoms with van der Waals surface area (Å²) in [6.45, 7) is 3.97. The predicted octanol–water partition coefficient (Wildman–Crippen LogP) is 2.17. The van der Waals surface area contributed by atoms with Crippen LogP contribution in [0.2, 0.25) is 0 Å². The Morgan fingerprint density at radius 1 is 1.25 bits per heavy atom. The smallest absolute Gasteiger partial charge is 0.133 e. The molecule has 0 spiro atoms. The zero-order valence-corrected chi connectivity index (χ0v) is 12.1. The van der Waals surface area contributed by atoms with Crippen LogP contribution in [0.25, 0.3) is 0 Å². The number of nitrogens with one attached hydrogen (secondary N) is 2. The van der Waals surface area contributed by atoms with E-state index < -0.39 is 0 Å². The molecule has 0 saturated heterocycles. The average molecular weight is 274 g/mol. The summed E-state index contributed by atoms with van der Waals surface area (Å²) in [4.78, 5) is 13.0. The standard InChI is InChI=1S/C14H22N6/c1-3-5-12-18-13(15-2)10-14(19-12)17-6-4-8-20-9-7-16-11-20/h7,9-11H,3-6,8H2,1-2H3,(H2,15,17,18,19). The second-order valence-corrected chi connectivity index (χ2v) is 4.64. The third-order valence-corrected chi connectivity index (χ3v) is 2.96. The Balaban J connectivity index is 1.86. The first kappa shape index (κ1) is 14.3. The molecular weight excluding hydrogens is 252 g/mol. The maximum Gasteiger partial charge on any atom is 0.133 e. The van der Waals surface area contributed by atoms with Gasteiger partial charge in [0.25, 0.3) is 0 Å². The number of imidazole rings is 1. The normalized spacial score (nSPS) is 10.5. The number of aromatic nitrogens is 4. The van der Waals surface area contributed by atoms with Crippen LogP contribution >= 0.6 is 0 Å². The molecule has 2 aromatic heterocycles. The van der Waals surface area contributed by atoms with Crippen LogP contribution in [0.1, 0.15) is 25.6 Å². The quantitative estimate of drug-likeness (QED) is 0.722. The first-order valence-electron chi connectivity index (χ1n) is 7.07. The van der Waals surface area contributed by atoms with Gasteiger partial charge in [-0.15, -0.1) is 0 Å². The van der Waals surface area contributed by atoms with Crippen LogP contribution in [-0.4, -0.2) is 33.1 Å². The highest BCUT2D eigenvalue weighted by Gasteiger charge is 2.03. The maximum absolute atomic E-state index is 4.52. The molecule has 0 bridgehead atoms. The molecule has 0 aliphatic carbocycles. The molecule has 0 atom stereocenters. The number of anilines is 2. The van der Waals surface area contributed by atoms with Crippen LogP contribution in [0.15, 0.2) is 24.8 Å². The maximum atomic E-state index is 4.52. The van der Waals surface area contributed by atoms with Crippen LogP contribution in [0, 0.1) is 0 Å². The summed E-state index contributed by atoms with van der Waals surface area (Å²) >= 11 is 0. The van der Waals surface area contributed by atoms with Gasteiger partial charge in [-0.3, -0.25) is 0 Å². The van der Waals surface area contributed by atoms with Gasteiger partial charge in [-0.05, 0) is 12.8 Å². The Morgan fingerprint density at radius 3 is 2.80 bits per heavy atom. The van der Waals surface area contributed by atoms with Crippen molar-refractivity contribution in [3.05, 3.63) is 30.6 Å². The molecular formula is C14H22N6. The summed E-state index contributed by atoms with van der Waals surface area (Å²) in [7, 11) is 1.88. The van der Waals surface area contributed by atoms with Crippen LogP contribution < -0.4 is 10.6 Å². The van der Waals surface area contributed by atoms with Crippen molar-refractivity contribution in [2.24, 2.45) is 0 Å². The van der Waals surface area contributed by atoms with E-state index in [0.717, 1.165) is 49.8 Å². The van der Waals surface area contributed by atoms with Crippen molar-refractivity contribution in [1.29, 1.82) is 0 Å². The largest absolute Gasteiger partial charge is 0.373 e. The highest BCUT2D eigenvalue weighted by Crippen LogP contribution is 2.12. The van der Waals surface area contributed by atoms with E-state index >= 15 is 0 Å². The fourth-order valence-corrected chi connectivity index (χ4v) is 1.95. The summed E-state index contributed by atoms with van der Waals surface area (Å²) in [6, 6.07) is 1.94. The summed E-state index contributed by atoms with van der Waals surface area (Å²) in [5.74, 6) is 2.63. The lowest BCUT2D eigenvalue weighted by Gasteiger charge is -2.09. The van der Waals surface area contributed by atoms with Crippen molar-refractivity contribution in [3.8, 4) is 0 Å². The van der Waals surface area contributed by atoms with Gasteiger partial charge in [-0.2, -0.15) is 0 Å². The van der Waals surface area contributed by atoms with Gasteiger partial charge in [-0.25, -0.2) is 15.0 Å². The lowest BCUT2D eigenvalue weighted by molar-refractivity contribution is 0.659. The number of rotatable bonds is 8. The lowest BCUT2D eigenvalue weighted by atomic mass is 10.3. The molecule has 108 valence electrons. The second-order valence-electron chi connectivity index (χ2n) is 4.64. The van der Waals surface area contributed by atoms with E-state index in [1.807, 2.05) is 25.6 Å². The Kier molecular flexibility index (Phi) is 5.34. The second kappa shape index (κ2) is 7.47. The molecule has 20 heavy (non-hydrogen) atoms. The Hall–Kier alpha value is -2.11. The third-order valence-electron chi connectivity index (χ3n) is 2.96. The van der Waals surface area contributed by atoms with Crippen LogP contribution in [0.5, 0.6) is 0 Å². The van der Waals surface area contributed by atoms with Gasteiger partial charge in [0.1, 0.15) is 17.5 Å². The van der Waals surface area contributed by atoms with Gasteiger partial charge in [0.15, 0.2) is 0 Å². The topological polar surface area (TPSA) is 67.7 Å². The average Bonchev–Trinajstić information content (AvgIpc) is 2.97. The summed E-state index contributed by atoms with van der Waals surface area (Å²) < 4.78 is 2.07. The van der Waals surface area contributed by atoms with Gasteiger partial charge in [0.2, 0.25) is 0 Å². The summed E-state index contributed by atoms with van der Waals surface area (Å²) in [5.41, 5.74) is 0. The zero-order chi connectivity index (χ0) is 14.2. The molecule has 2 heterocycles. The number of nitrogens with zero attached hydrogens (tertiary/aromatic N) is 4. The van der Waals surface area contributed by atoms with Gasteiger partial charge < -0.3 is 15.2 Å². The SMILES string of the molecule is CCCc1nc(NC)cc(NCCCn2ccnc2)n1. The van der Waals surface area contributed by atoms with E-state index in [2.05, 4.69) is 37.1 Å². The van der Waals surface area contributed by atoms with E-state index in [1.165, 1.54) is 0 Å². The molecule has 2 N–H and O–H groups in total. The van der Waals surface area contributed by atoms with Crippen LogP contribution in [0.3, 0.4) is 0 Å². The van der Waals surface area contributed by atoms with Crippen molar-refractivity contribution in [3.63, 3.8) is 0 Å². The summed E-state index contributed by atoms with van der Waals surface area (Å²) in [5, 5.41) is 6.43. The van der Waals surface area contributed by atoms with Crippen LogP contribution in [-0.2, 0) is 13.0 Å². The van der Waals surface area contributed by atoms with Gasteiger partial charge >= 0.3 is 0 Å². The molecule has 6 heteroatoms. The predicted molar refractivity (Wildman–Crippen MR) is 80.9 cm³/mol. The van der Waals surface area contributed by atoms with Crippen molar-refractivity contribution < 1.29 is 0 Å². The Morgan fingerprint density at radius 2 is 2.10 bits per heavy atom. The van der Waals surface area contributed by atoms with E-state index in [-0.39, 0.29) is 0 Å². The zero-order valence-electron chi connectivity index (χ0n) is 12.1. The molecule has 0 fully saturated rings. The first-order valence-corrected chi connectivity index (χ1v) is 7.07. The highest BCUT2D eigenvalue weighted by atomic mass is 15.1. The molecule has 0 aliphatic heterocycles. The molecule has 6 nitrogen and oxygen atoms in total. The Labute approximate surface area is 119 Å². The molecule has 2 rings (SSSR count). The van der Waals surface area contributed by atoms with Crippen molar-refractivity contribution in [1.82, 2.24) is 19.5 Å². The fourth-order valence-electron chi connectivity index (χ4n) is 1.95. The van der Waals surface area contributed by atoms with E-state index in [9.17, 15) is 0 Å². The number of aryl methyl sites for hydroxylation is 2. The molecule has 0 amide bonds. The molecule has 0 unspecified atom stereocenters. The third kappa shape index (κ3) is 4.22. The minimum Gasteiger partial charge on any atom is -0.373 e. The Bertz CT molecular complexity index is 508. The van der Waals surface area contributed by atoms with E-state index in [4.69, 9.17) is 0 Å². The van der Waals surface area contributed by atoms with Crippen molar-refractivity contribution in [2.45, 2.75) is 32.7 Å². The summed E-state index contributed by atoms with van der Waals surface area (Å²) in [6.07, 6.45) is 8.59. The number of hydrogen-bond acceptors (Lipinski definition) is 5.